The summed E-state index contributed by atoms with van der Waals surface area (Å²) in [5.41, 5.74) is 1.05. The number of benzene rings is 2. The fourth-order valence-corrected chi connectivity index (χ4v) is 9.31. The lowest BCUT2D eigenvalue weighted by Crippen LogP contribution is -2.64. The summed E-state index contributed by atoms with van der Waals surface area (Å²) < 4.78 is 54.6. The van der Waals surface area contributed by atoms with Crippen molar-refractivity contribution in [2.75, 3.05) is 46.8 Å². The maximum absolute atomic E-state index is 13.8. The Morgan fingerprint density at radius 1 is 0.667 bits per heavy atom. The van der Waals surface area contributed by atoms with Crippen LogP contribution in [0, 0.1) is 23.3 Å². The Labute approximate surface area is 366 Å². The maximum atomic E-state index is 13.8. The molecule has 2 fully saturated rings. The highest BCUT2D eigenvalue weighted by Gasteiger charge is 2.52. The number of aromatic nitrogens is 8. The number of hydrogen-bond acceptors (Lipinski definition) is 10. The van der Waals surface area contributed by atoms with E-state index in [-0.39, 0.29) is 22.7 Å². The molecule has 2 saturated heterocycles. The molecule has 6 aromatic rings. The largest absolute Gasteiger partial charge is 0.345 e. The molecule has 0 aliphatic carbocycles. The summed E-state index contributed by atoms with van der Waals surface area (Å²) in [7, 11) is 3.55. The number of nitrogens with zero attached hydrogens (tertiary/aromatic N) is 11. The topological polar surface area (TPSA) is 145 Å². The van der Waals surface area contributed by atoms with Gasteiger partial charge in [-0.15, -0.1) is 0 Å². The molecule has 63 heavy (non-hydrogen) atoms. The number of halogens is 5. The maximum Gasteiger partial charge on any atom is 0.252 e. The molecule has 0 radical (unpaired) electrons. The Bertz CT molecular complexity index is 2630. The molecule has 2 amide bonds. The van der Waals surface area contributed by atoms with E-state index in [2.05, 4.69) is 46.6 Å². The summed E-state index contributed by atoms with van der Waals surface area (Å²) in [5.74, 6) is 0.242. The van der Waals surface area contributed by atoms with Crippen LogP contribution in [-0.2, 0) is 9.59 Å². The lowest BCUT2D eigenvalue weighted by Gasteiger charge is -2.51. The van der Waals surface area contributed by atoms with Gasteiger partial charge in [-0.1, -0.05) is 13.8 Å². The number of anilines is 4. The molecule has 2 atom stereocenters. The van der Waals surface area contributed by atoms with Crippen molar-refractivity contribution < 1.29 is 27.2 Å². The van der Waals surface area contributed by atoms with Gasteiger partial charge in [-0.2, -0.15) is 9.97 Å². The van der Waals surface area contributed by atoms with Crippen molar-refractivity contribution >= 4 is 46.4 Å². The van der Waals surface area contributed by atoms with Crippen molar-refractivity contribution in [1.29, 1.82) is 0 Å². The monoisotopic (exact) mass is 884 g/mol. The molecule has 2 aromatic carbocycles. The minimum Gasteiger partial charge on any atom is -0.345 e. The average Bonchev–Trinajstić information content (AvgIpc) is 4.01. The number of rotatable bonds is 5. The predicted octanol–water partition coefficient (Wildman–Crippen LogP) is 8.32. The number of hydrogen-bond donors (Lipinski definition) is 1. The van der Waals surface area contributed by atoms with Gasteiger partial charge in [0.15, 0.2) is 11.6 Å². The van der Waals surface area contributed by atoms with Gasteiger partial charge < -0.3 is 24.6 Å². The van der Waals surface area contributed by atoms with Gasteiger partial charge in [-0.3, -0.25) is 14.2 Å². The van der Waals surface area contributed by atoms with Crippen LogP contribution >= 0.6 is 11.6 Å². The Kier molecular flexibility index (Phi) is 11.9. The van der Waals surface area contributed by atoms with Crippen molar-refractivity contribution in [1.82, 2.24) is 39.5 Å². The van der Waals surface area contributed by atoms with Crippen LogP contribution in [0.2, 0.25) is 5.28 Å². The van der Waals surface area contributed by atoms with E-state index in [1.807, 2.05) is 6.92 Å². The third kappa shape index (κ3) is 7.85. The van der Waals surface area contributed by atoms with E-state index in [9.17, 15) is 27.2 Å². The standard InChI is InChI=1S/C22H22F2N6O.C13H17ClN4O.C9H6F2N2/c1-3-22-6-4-5-8-30(22)19-17(28(2)20(22)31)13-26-21(27-19)29-9-7-25-18(29)14-10-15(23)12-16(24)11-14;1-3-13-6-4-5-7-18(13)10-9(17(2)11(13)19)8-15-12(14)16-10;10-7-3-6(4-8(11)5-7)9-12-1-2-13-9/h7,9-13H,3-6,8H2,1-2H3;8H,3-7H2,1-2H3;1-5H,(H,12,13). The molecule has 0 spiro atoms. The minimum atomic E-state index is -0.683. The van der Waals surface area contributed by atoms with E-state index in [0.717, 1.165) is 81.7 Å². The Morgan fingerprint density at radius 2 is 1.19 bits per heavy atom. The van der Waals surface area contributed by atoms with Crippen LogP contribution in [0.25, 0.3) is 28.7 Å². The molecule has 1 N–H and O–H groups in total. The quantitative estimate of drug-likeness (QED) is 0.133. The van der Waals surface area contributed by atoms with Gasteiger partial charge in [0, 0.05) is 75.2 Å². The number of nitrogens with one attached hydrogen (secondary N) is 1. The normalized spacial score (nSPS) is 20.1. The molecule has 19 heteroatoms. The lowest BCUT2D eigenvalue weighted by molar-refractivity contribution is -0.125. The highest BCUT2D eigenvalue weighted by atomic mass is 35.5. The van der Waals surface area contributed by atoms with Gasteiger partial charge in [0.2, 0.25) is 11.2 Å². The zero-order valence-corrected chi connectivity index (χ0v) is 35.9. The second kappa shape index (κ2) is 17.4. The van der Waals surface area contributed by atoms with Crippen LogP contribution < -0.4 is 19.6 Å². The molecule has 14 nitrogen and oxygen atoms in total. The van der Waals surface area contributed by atoms with Gasteiger partial charge in [-0.05, 0) is 87.2 Å². The highest BCUT2D eigenvalue weighted by molar-refractivity contribution is 6.28. The van der Waals surface area contributed by atoms with Crippen molar-refractivity contribution in [3.8, 4) is 28.7 Å². The van der Waals surface area contributed by atoms with Crippen molar-refractivity contribution in [2.45, 2.75) is 76.3 Å². The van der Waals surface area contributed by atoms with Gasteiger partial charge in [0.1, 0.15) is 57.4 Å². The lowest BCUT2D eigenvalue weighted by atomic mass is 9.81. The molecule has 2 unspecified atom stereocenters. The fraction of sp³-hybridized carbons (Fsp3) is 0.364. The summed E-state index contributed by atoms with van der Waals surface area (Å²) in [6, 6.07) is 6.54. The summed E-state index contributed by atoms with van der Waals surface area (Å²) in [6.07, 6.45) is 16.9. The molecule has 0 saturated carbocycles. The third-order valence-corrected chi connectivity index (χ3v) is 12.5. The number of aromatic amines is 1. The molecule has 4 aliphatic heterocycles. The SMILES string of the molecule is CCC12CCCCN1c1nc(-n3ccnc3-c3cc(F)cc(F)c3)ncc1N(C)C2=O.CCC12CCCCN1c1nc(Cl)ncc1N(C)C2=O.Fc1cc(F)cc(-c2ncc[nH]2)c1. The number of piperidine rings is 2. The van der Waals surface area contributed by atoms with Crippen molar-refractivity contribution in [3.05, 3.63) is 102 Å². The van der Waals surface area contributed by atoms with Crippen molar-refractivity contribution in [2.24, 2.45) is 0 Å². The number of H-pyrrole nitrogens is 1. The summed E-state index contributed by atoms with van der Waals surface area (Å²) in [6.45, 7) is 5.69. The first kappa shape index (κ1) is 43.2. The van der Waals surface area contributed by atoms with Crippen LogP contribution in [-0.4, -0.2) is 89.5 Å². The van der Waals surface area contributed by atoms with Crippen LogP contribution in [0.5, 0.6) is 0 Å². The van der Waals surface area contributed by atoms with E-state index in [1.54, 1.807) is 53.2 Å². The van der Waals surface area contributed by atoms with Crippen LogP contribution in [0.3, 0.4) is 0 Å². The first-order valence-electron chi connectivity index (χ1n) is 20.8. The van der Waals surface area contributed by atoms with Crippen LogP contribution in [0.15, 0.2) is 73.6 Å². The number of carbonyl (C=O) groups excluding carboxylic acids is 2. The first-order chi connectivity index (χ1) is 30.3. The number of imidazole rings is 2. The van der Waals surface area contributed by atoms with Crippen LogP contribution in [0.4, 0.5) is 40.6 Å². The second-order valence-corrected chi connectivity index (χ2v) is 16.2. The van der Waals surface area contributed by atoms with E-state index in [4.69, 9.17) is 16.6 Å². The van der Waals surface area contributed by atoms with E-state index in [1.165, 1.54) is 36.7 Å². The molecule has 4 aliphatic rings. The zero-order valence-electron chi connectivity index (χ0n) is 35.1. The first-order valence-corrected chi connectivity index (χ1v) is 21.1. The van der Waals surface area contributed by atoms with Crippen molar-refractivity contribution in [3.63, 3.8) is 0 Å². The summed E-state index contributed by atoms with van der Waals surface area (Å²) in [4.78, 5) is 62.1. The van der Waals surface area contributed by atoms with Gasteiger partial charge >= 0.3 is 0 Å². The van der Waals surface area contributed by atoms with E-state index < -0.39 is 34.3 Å². The van der Waals surface area contributed by atoms with Gasteiger partial charge in [-0.25, -0.2) is 37.5 Å². The number of fused-ring (bicyclic) bond motifs is 6. The molecule has 328 valence electrons. The van der Waals surface area contributed by atoms with E-state index in [0.29, 0.717) is 41.1 Å². The van der Waals surface area contributed by atoms with E-state index >= 15 is 0 Å². The third-order valence-electron chi connectivity index (χ3n) is 12.4. The molecule has 4 aromatic heterocycles. The fourth-order valence-electron chi connectivity index (χ4n) is 9.18. The zero-order chi connectivity index (χ0) is 44.6. The smallest absolute Gasteiger partial charge is 0.252 e. The van der Waals surface area contributed by atoms with Gasteiger partial charge in [0.25, 0.3) is 11.8 Å². The number of likely N-dealkylation sites (N-methyl/N-ethyl adjacent to an activating group) is 2. The molecule has 10 rings (SSSR count). The number of carbonyl (C=O) groups is 2. The average molecular weight is 885 g/mol. The second-order valence-electron chi connectivity index (χ2n) is 15.8. The Hall–Kier alpha value is -6.43. The Morgan fingerprint density at radius 3 is 1.71 bits per heavy atom. The molecular weight excluding hydrogens is 840 g/mol. The molecular formula is C44H45ClF4N12O2. The summed E-state index contributed by atoms with van der Waals surface area (Å²) in [5, 5.41) is 0.233. The van der Waals surface area contributed by atoms with Crippen LogP contribution in [0.1, 0.15) is 65.2 Å². The predicted molar refractivity (Wildman–Crippen MR) is 231 cm³/mol. The number of amides is 2. The van der Waals surface area contributed by atoms with Gasteiger partial charge in [0.05, 0.1) is 12.4 Å². The Balaban J connectivity index is 0.000000144. The molecule has 0 bridgehead atoms. The molecule has 8 heterocycles. The summed E-state index contributed by atoms with van der Waals surface area (Å²) >= 11 is 5.93. The highest BCUT2D eigenvalue weighted by Crippen LogP contribution is 2.46. The minimum absolute atomic E-state index is 0.0668.